The molecule has 0 aliphatic heterocycles. The Morgan fingerprint density at radius 3 is 2.30 bits per heavy atom. The molecule has 1 aromatic heterocycles. The highest BCUT2D eigenvalue weighted by Gasteiger charge is 2.14. The van der Waals surface area contributed by atoms with Crippen molar-refractivity contribution in [3.8, 4) is 11.3 Å². The van der Waals surface area contributed by atoms with Crippen LogP contribution < -0.4 is 0 Å². The molecule has 0 radical (unpaired) electrons. The van der Waals surface area contributed by atoms with Gasteiger partial charge in [0.15, 0.2) is 0 Å². The zero-order chi connectivity index (χ0) is 16.2. The molecular weight excluding hydrogens is 286 g/mol. The van der Waals surface area contributed by atoms with Gasteiger partial charge in [-0.3, -0.25) is 0 Å². The van der Waals surface area contributed by atoms with Crippen LogP contribution in [-0.4, -0.2) is 20.1 Å². The minimum absolute atomic E-state index is 0.115. The van der Waals surface area contributed by atoms with Gasteiger partial charge in [0, 0.05) is 5.56 Å². The highest BCUT2D eigenvalue weighted by Crippen LogP contribution is 2.23. The molecule has 4 heteroatoms. The minimum atomic E-state index is -0.115. The van der Waals surface area contributed by atoms with Crippen LogP contribution in [0, 0.1) is 0 Å². The van der Waals surface area contributed by atoms with E-state index in [1.165, 1.54) is 11.1 Å². The number of rotatable bonds is 5. The number of nitrogens with zero attached hydrogens (tertiary/aromatic N) is 3. The van der Waals surface area contributed by atoms with Crippen molar-refractivity contribution in [2.45, 2.75) is 32.9 Å². The van der Waals surface area contributed by atoms with E-state index in [2.05, 4.69) is 48.4 Å². The lowest BCUT2D eigenvalue weighted by atomic mass is 10.0. The third kappa shape index (κ3) is 3.32. The summed E-state index contributed by atoms with van der Waals surface area (Å²) < 4.78 is 1.85. The van der Waals surface area contributed by atoms with Crippen molar-refractivity contribution in [3.63, 3.8) is 0 Å². The smallest absolute Gasteiger partial charge is 0.116 e. The summed E-state index contributed by atoms with van der Waals surface area (Å²) in [4.78, 5) is 0. The first-order chi connectivity index (χ1) is 11.2. The van der Waals surface area contributed by atoms with Gasteiger partial charge in [-0.25, -0.2) is 4.68 Å². The zero-order valence-electron chi connectivity index (χ0n) is 13.5. The van der Waals surface area contributed by atoms with Crippen molar-refractivity contribution in [2.75, 3.05) is 0 Å². The summed E-state index contributed by atoms with van der Waals surface area (Å²) in [6.07, 6.45) is 0. The minimum Gasteiger partial charge on any atom is -0.390 e. The molecule has 0 aliphatic carbocycles. The van der Waals surface area contributed by atoms with Crippen LogP contribution >= 0.6 is 0 Å². The average molecular weight is 307 g/mol. The fourth-order valence-electron chi connectivity index (χ4n) is 2.66. The fourth-order valence-corrected chi connectivity index (χ4v) is 2.66. The van der Waals surface area contributed by atoms with Gasteiger partial charge in [-0.2, -0.15) is 0 Å². The Morgan fingerprint density at radius 1 is 1.00 bits per heavy atom. The fraction of sp³-hybridized carbons (Fsp3) is 0.263. The SMILES string of the molecule is CC(C)c1ccc(Cn2nnc(CO)c2-c2ccccc2)cc1. The van der Waals surface area contributed by atoms with Crippen molar-refractivity contribution in [1.82, 2.24) is 15.0 Å². The molecule has 23 heavy (non-hydrogen) atoms. The van der Waals surface area contributed by atoms with E-state index in [9.17, 15) is 5.11 Å². The quantitative estimate of drug-likeness (QED) is 0.783. The van der Waals surface area contributed by atoms with Crippen LogP contribution in [0.15, 0.2) is 54.6 Å². The van der Waals surface area contributed by atoms with E-state index in [1.807, 2.05) is 35.0 Å². The van der Waals surface area contributed by atoms with Gasteiger partial charge in [-0.15, -0.1) is 5.10 Å². The van der Waals surface area contributed by atoms with Gasteiger partial charge >= 0.3 is 0 Å². The number of aromatic nitrogens is 3. The lowest BCUT2D eigenvalue weighted by molar-refractivity contribution is 0.277. The molecule has 0 bridgehead atoms. The van der Waals surface area contributed by atoms with Gasteiger partial charge in [0.05, 0.1) is 18.8 Å². The van der Waals surface area contributed by atoms with Crippen LogP contribution in [0.25, 0.3) is 11.3 Å². The molecule has 4 nitrogen and oxygen atoms in total. The van der Waals surface area contributed by atoms with Gasteiger partial charge in [0.25, 0.3) is 0 Å². The second-order valence-corrected chi connectivity index (χ2v) is 5.96. The van der Waals surface area contributed by atoms with Crippen molar-refractivity contribution in [1.29, 1.82) is 0 Å². The van der Waals surface area contributed by atoms with Gasteiger partial charge in [0.1, 0.15) is 5.69 Å². The van der Waals surface area contributed by atoms with E-state index in [0.29, 0.717) is 18.2 Å². The van der Waals surface area contributed by atoms with E-state index in [4.69, 9.17) is 0 Å². The van der Waals surface area contributed by atoms with Crippen molar-refractivity contribution < 1.29 is 5.11 Å². The lowest BCUT2D eigenvalue weighted by Crippen LogP contribution is -2.05. The van der Waals surface area contributed by atoms with Crippen LogP contribution in [0.4, 0.5) is 0 Å². The Labute approximate surface area is 136 Å². The summed E-state index contributed by atoms with van der Waals surface area (Å²) in [7, 11) is 0. The second kappa shape index (κ2) is 6.75. The van der Waals surface area contributed by atoms with Crippen LogP contribution in [-0.2, 0) is 13.2 Å². The van der Waals surface area contributed by atoms with Crippen molar-refractivity contribution in [2.24, 2.45) is 0 Å². The summed E-state index contributed by atoms with van der Waals surface area (Å²) in [6.45, 7) is 4.90. The molecule has 0 amide bonds. The molecule has 3 aromatic rings. The number of benzene rings is 2. The topological polar surface area (TPSA) is 50.9 Å². The second-order valence-electron chi connectivity index (χ2n) is 5.96. The lowest BCUT2D eigenvalue weighted by Gasteiger charge is -2.10. The standard InChI is InChI=1S/C19H21N3O/c1-14(2)16-10-8-15(9-11-16)12-22-19(18(13-23)20-21-22)17-6-4-3-5-7-17/h3-11,14,23H,12-13H2,1-2H3. The molecule has 0 saturated heterocycles. The Kier molecular flexibility index (Phi) is 4.53. The predicted octanol–water partition coefficient (Wildman–Crippen LogP) is 3.61. The van der Waals surface area contributed by atoms with Gasteiger partial charge in [0.2, 0.25) is 0 Å². The van der Waals surface area contributed by atoms with Crippen LogP contribution in [0.1, 0.15) is 36.6 Å². The van der Waals surface area contributed by atoms with E-state index in [-0.39, 0.29) is 6.61 Å². The molecule has 3 rings (SSSR count). The third-order valence-electron chi connectivity index (χ3n) is 3.98. The summed E-state index contributed by atoms with van der Waals surface area (Å²) >= 11 is 0. The predicted molar refractivity (Wildman–Crippen MR) is 91.0 cm³/mol. The Morgan fingerprint density at radius 2 is 1.70 bits per heavy atom. The van der Waals surface area contributed by atoms with Gasteiger partial charge in [-0.1, -0.05) is 73.7 Å². The summed E-state index contributed by atoms with van der Waals surface area (Å²) in [6, 6.07) is 18.5. The van der Waals surface area contributed by atoms with E-state index < -0.39 is 0 Å². The molecule has 1 N–H and O–H groups in total. The van der Waals surface area contributed by atoms with E-state index >= 15 is 0 Å². The Balaban J connectivity index is 1.93. The van der Waals surface area contributed by atoms with Crippen molar-refractivity contribution >= 4 is 0 Å². The first kappa shape index (κ1) is 15.4. The summed E-state index contributed by atoms with van der Waals surface area (Å²) in [5, 5.41) is 17.9. The molecular formula is C19H21N3O. The number of hydrogen-bond donors (Lipinski definition) is 1. The van der Waals surface area contributed by atoms with E-state index in [1.54, 1.807) is 0 Å². The maximum absolute atomic E-state index is 9.54. The molecule has 1 heterocycles. The molecule has 0 fully saturated rings. The highest BCUT2D eigenvalue weighted by molar-refractivity contribution is 5.61. The molecule has 0 saturated carbocycles. The maximum atomic E-state index is 9.54. The van der Waals surface area contributed by atoms with Gasteiger partial charge in [-0.05, 0) is 17.0 Å². The Hall–Kier alpha value is -2.46. The average Bonchev–Trinajstić information content (AvgIpc) is 2.99. The van der Waals surface area contributed by atoms with Gasteiger partial charge < -0.3 is 5.11 Å². The first-order valence-electron chi connectivity index (χ1n) is 7.86. The molecule has 0 spiro atoms. The highest BCUT2D eigenvalue weighted by atomic mass is 16.3. The van der Waals surface area contributed by atoms with Crippen LogP contribution in [0.3, 0.4) is 0 Å². The molecule has 118 valence electrons. The summed E-state index contributed by atoms with van der Waals surface area (Å²) in [5.41, 5.74) is 4.99. The molecule has 0 atom stereocenters. The normalized spacial score (nSPS) is 11.1. The number of aliphatic hydroxyl groups excluding tert-OH is 1. The van der Waals surface area contributed by atoms with Crippen LogP contribution in [0.5, 0.6) is 0 Å². The van der Waals surface area contributed by atoms with Crippen molar-refractivity contribution in [3.05, 3.63) is 71.4 Å². The van der Waals surface area contributed by atoms with Crippen LogP contribution in [0.2, 0.25) is 0 Å². The molecule has 2 aromatic carbocycles. The summed E-state index contributed by atoms with van der Waals surface area (Å²) in [5.74, 6) is 0.524. The monoisotopic (exact) mass is 307 g/mol. The number of aliphatic hydroxyl groups is 1. The van der Waals surface area contributed by atoms with E-state index in [0.717, 1.165) is 11.3 Å². The molecule has 0 aliphatic rings. The first-order valence-corrected chi connectivity index (χ1v) is 7.86. The maximum Gasteiger partial charge on any atom is 0.116 e. The zero-order valence-corrected chi connectivity index (χ0v) is 13.5. The Bertz CT molecular complexity index is 761. The largest absolute Gasteiger partial charge is 0.390 e. The third-order valence-corrected chi connectivity index (χ3v) is 3.98. The number of hydrogen-bond acceptors (Lipinski definition) is 3. The molecule has 0 unspecified atom stereocenters.